The van der Waals surface area contributed by atoms with Crippen LogP contribution in [0.3, 0.4) is 0 Å². The summed E-state index contributed by atoms with van der Waals surface area (Å²) in [5.74, 6) is -0.0784. The number of carbonyl (C=O) groups is 2. The number of piperidine rings is 1. The van der Waals surface area contributed by atoms with E-state index in [4.69, 9.17) is 5.26 Å². The summed E-state index contributed by atoms with van der Waals surface area (Å²) in [6, 6.07) is 8.81. The zero-order valence-corrected chi connectivity index (χ0v) is 11.4. The SMILES string of the molecule is CC(=O)c1ccc(NC(=O)N2CCCC(C#N)C2)cc1. The topological polar surface area (TPSA) is 73.2 Å². The molecule has 1 heterocycles. The van der Waals surface area contributed by atoms with Gasteiger partial charge >= 0.3 is 6.03 Å². The first-order valence-electron chi connectivity index (χ1n) is 6.66. The molecule has 20 heavy (non-hydrogen) atoms. The third kappa shape index (κ3) is 3.35. The molecular weight excluding hydrogens is 254 g/mol. The zero-order chi connectivity index (χ0) is 14.5. The van der Waals surface area contributed by atoms with Gasteiger partial charge in [0, 0.05) is 24.3 Å². The second-order valence-electron chi connectivity index (χ2n) is 4.98. The molecule has 0 saturated carbocycles. The van der Waals surface area contributed by atoms with Crippen LogP contribution in [0.25, 0.3) is 0 Å². The van der Waals surface area contributed by atoms with E-state index in [1.54, 1.807) is 29.2 Å². The van der Waals surface area contributed by atoms with Crippen LogP contribution in [0.5, 0.6) is 0 Å². The fraction of sp³-hybridized carbons (Fsp3) is 0.400. The van der Waals surface area contributed by atoms with Gasteiger partial charge in [0.25, 0.3) is 0 Å². The highest BCUT2D eigenvalue weighted by Gasteiger charge is 2.23. The number of rotatable bonds is 2. The lowest BCUT2D eigenvalue weighted by atomic mass is 10.0. The van der Waals surface area contributed by atoms with E-state index in [0.29, 0.717) is 24.3 Å². The van der Waals surface area contributed by atoms with Crippen molar-refractivity contribution in [1.82, 2.24) is 4.90 Å². The van der Waals surface area contributed by atoms with Gasteiger partial charge in [-0.3, -0.25) is 4.79 Å². The summed E-state index contributed by atoms with van der Waals surface area (Å²) in [6.07, 6.45) is 1.71. The Bertz CT molecular complexity index is 545. The molecule has 1 unspecified atom stereocenters. The van der Waals surface area contributed by atoms with E-state index in [1.807, 2.05) is 0 Å². The largest absolute Gasteiger partial charge is 0.323 e. The van der Waals surface area contributed by atoms with E-state index in [1.165, 1.54) is 6.92 Å². The van der Waals surface area contributed by atoms with E-state index < -0.39 is 0 Å². The summed E-state index contributed by atoms with van der Waals surface area (Å²) in [4.78, 5) is 24.9. The first-order chi connectivity index (χ1) is 9.60. The third-order valence-electron chi connectivity index (χ3n) is 3.43. The fourth-order valence-electron chi connectivity index (χ4n) is 2.26. The van der Waals surface area contributed by atoms with Crippen LogP contribution in [-0.2, 0) is 0 Å². The third-order valence-corrected chi connectivity index (χ3v) is 3.43. The van der Waals surface area contributed by atoms with E-state index in [-0.39, 0.29) is 17.7 Å². The Hall–Kier alpha value is -2.35. The van der Waals surface area contributed by atoms with Gasteiger partial charge in [-0.25, -0.2) is 4.79 Å². The summed E-state index contributed by atoms with van der Waals surface area (Å²) in [5.41, 5.74) is 1.27. The van der Waals surface area contributed by atoms with Gasteiger partial charge in [0.05, 0.1) is 12.0 Å². The molecule has 2 amide bonds. The number of likely N-dealkylation sites (tertiary alicyclic amines) is 1. The molecule has 1 N–H and O–H groups in total. The van der Waals surface area contributed by atoms with Crippen molar-refractivity contribution < 1.29 is 9.59 Å². The minimum absolute atomic E-state index is 0.00392. The van der Waals surface area contributed by atoms with E-state index in [9.17, 15) is 9.59 Å². The normalized spacial score (nSPS) is 18.2. The van der Waals surface area contributed by atoms with E-state index >= 15 is 0 Å². The summed E-state index contributed by atoms with van der Waals surface area (Å²) in [5, 5.41) is 11.7. The maximum absolute atomic E-state index is 12.1. The standard InChI is InChI=1S/C15H17N3O2/c1-11(19)13-4-6-14(7-5-13)17-15(20)18-8-2-3-12(9-16)10-18/h4-7,12H,2-3,8,10H2,1H3,(H,17,20). The van der Waals surface area contributed by atoms with Crippen LogP contribution in [0.2, 0.25) is 0 Å². The van der Waals surface area contributed by atoms with Crippen molar-refractivity contribution in [3.8, 4) is 6.07 Å². The van der Waals surface area contributed by atoms with Crippen molar-refractivity contribution >= 4 is 17.5 Å². The van der Waals surface area contributed by atoms with E-state index in [0.717, 1.165) is 12.8 Å². The molecule has 0 aliphatic carbocycles. The van der Waals surface area contributed by atoms with Gasteiger partial charge in [-0.15, -0.1) is 0 Å². The van der Waals surface area contributed by atoms with Gasteiger partial charge < -0.3 is 10.2 Å². The molecule has 1 aromatic rings. The number of benzene rings is 1. The molecule has 0 bridgehead atoms. The first kappa shape index (κ1) is 14.1. The minimum Gasteiger partial charge on any atom is -0.323 e. The van der Waals surface area contributed by atoms with Crippen LogP contribution in [-0.4, -0.2) is 29.8 Å². The minimum atomic E-state index is -0.194. The molecule has 1 aromatic carbocycles. The number of hydrogen-bond acceptors (Lipinski definition) is 3. The van der Waals surface area contributed by atoms with Gasteiger partial charge in [0.1, 0.15) is 0 Å². The number of urea groups is 1. The maximum atomic E-state index is 12.1. The Morgan fingerprint density at radius 3 is 2.65 bits per heavy atom. The molecule has 0 spiro atoms. The van der Waals surface area contributed by atoms with Crippen LogP contribution >= 0.6 is 0 Å². The Kier molecular flexibility index (Phi) is 4.36. The smallest absolute Gasteiger partial charge is 0.321 e. The molecule has 1 fully saturated rings. The number of ketones is 1. The second kappa shape index (κ2) is 6.20. The van der Waals surface area contributed by atoms with Crippen LogP contribution in [0.1, 0.15) is 30.1 Å². The number of Topliss-reactive ketones (excluding diaryl/α,β-unsaturated/α-hetero) is 1. The molecular formula is C15H17N3O2. The van der Waals surface area contributed by atoms with E-state index in [2.05, 4.69) is 11.4 Å². The molecule has 1 aliphatic heterocycles. The number of nitrogens with one attached hydrogen (secondary N) is 1. The lowest BCUT2D eigenvalue weighted by Gasteiger charge is -2.29. The number of amides is 2. The molecule has 0 radical (unpaired) electrons. The Labute approximate surface area is 118 Å². The van der Waals surface area contributed by atoms with Crippen molar-refractivity contribution in [2.75, 3.05) is 18.4 Å². The fourth-order valence-corrected chi connectivity index (χ4v) is 2.26. The van der Waals surface area contributed by atoms with Gasteiger partial charge in [0.2, 0.25) is 0 Å². The Balaban J connectivity index is 1.97. The maximum Gasteiger partial charge on any atom is 0.321 e. The van der Waals surface area contributed by atoms with Crippen LogP contribution in [0.15, 0.2) is 24.3 Å². The van der Waals surface area contributed by atoms with Crippen molar-refractivity contribution in [2.24, 2.45) is 5.92 Å². The number of hydrogen-bond donors (Lipinski definition) is 1. The number of carbonyl (C=O) groups excluding carboxylic acids is 2. The second-order valence-corrected chi connectivity index (χ2v) is 4.98. The monoisotopic (exact) mass is 271 g/mol. The Morgan fingerprint density at radius 1 is 1.35 bits per heavy atom. The predicted octanol–water partition coefficient (Wildman–Crippen LogP) is 2.66. The van der Waals surface area contributed by atoms with Crippen molar-refractivity contribution in [2.45, 2.75) is 19.8 Å². The summed E-state index contributed by atoms with van der Waals surface area (Å²) in [7, 11) is 0. The highest BCUT2D eigenvalue weighted by molar-refractivity contribution is 5.95. The van der Waals surface area contributed by atoms with Gasteiger partial charge in [-0.05, 0) is 44.0 Å². The number of nitriles is 1. The predicted molar refractivity (Wildman–Crippen MR) is 75.4 cm³/mol. The van der Waals surface area contributed by atoms with Crippen molar-refractivity contribution in [1.29, 1.82) is 5.26 Å². The molecule has 5 heteroatoms. The van der Waals surface area contributed by atoms with Gasteiger partial charge in [-0.2, -0.15) is 5.26 Å². The van der Waals surface area contributed by atoms with Gasteiger partial charge in [0.15, 0.2) is 5.78 Å². The average Bonchev–Trinajstić information content (AvgIpc) is 2.47. The van der Waals surface area contributed by atoms with Crippen LogP contribution < -0.4 is 5.32 Å². The lowest BCUT2D eigenvalue weighted by molar-refractivity contribution is 0.101. The van der Waals surface area contributed by atoms with Crippen molar-refractivity contribution in [3.05, 3.63) is 29.8 Å². The molecule has 104 valence electrons. The molecule has 2 rings (SSSR count). The highest BCUT2D eigenvalue weighted by atomic mass is 16.2. The Morgan fingerprint density at radius 2 is 2.05 bits per heavy atom. The number of nitrogens with zero attached hydrogens (tertiary/aromatic N) is 2. The van der Waals surface area contributed by atoms with Gasteiger partial charge in [-0.1, -0.05) is 0 Å². The van der Waals surface area contributed by atoms with Crippen molar-refractivity contribution in [3.63, 3.8) is 0 Å². The molecule has 0 aromatic heterocycles. The summed E-state index contributed by atoms with van der Waals surface area (Å²) < 4.78 is 0. The first-order valence-corrected chi connectivity index (χ1v) is 6.66. The zero-order valence-electron chi connectivity index (χ0n) is 11.4. The van der Waals surface area contributed by atoms with Crippen LogP contribution in [0.4, 0.5) is 10.5 Å². The molecule has 1 atom stereocenters. The van der Waals surface area contributed by atoms with Crippen LogP contribution in [0, 0.1) is 17.2 Å². The molecule has 1 saturated heterocycles. The average molecular weight is 271 g/mol. The lowest BCUT2D eigenvalue weighted by Crippen LogP contribution is -2.42. The molecule has 5 nitrogen and oxygen atoms in total. The quantitative estimate of drug-likeness (QED) is 0.840. The summed E-state index contributed by atoms with van der Waals surface area (Å²) in [6.45, 7) is 2.66. The highest BCUT2D eigenvalue weighted by Crippen LogP contribution is 2.17. The summed E-state index contributed by atoms with van der Waals surface area (Å²) >= 11 is 0. The molecule has 1 aliphatic rings. The number of anilines is 1.